The number of hydrogen-bond donors (Lipinski definition) is 2. The molecule has 2 rings (SSSR count). The highest BCUT2D eigenvalue weighted by Crippen LogP contribution is 2.38. The molecular formula is C12H20N2O3. The number of carbonyl (C=O) groups excluding carboxylic acids is 2. The Morgan fingerprint density at radius 2 is 2.29 bits per heavy atom. The Balaban J connectivity index is 1.82. The zero-order chi connectivity index (χ0) is 12.5. The van der Waals surface area contributed by atoms with Crippen molar-refractivity contribution in [2.45, 2.75) is 32.8 Å². The minimum absolute atomic E-state index is 0.0328. The SMILES string of the molecule is CC(C)CC(=O)NCC1OC(=O)CC12CNC2. The zero-order valence-corrected chi connectivity index (χ0v) is 10.4. The minimum atomic E-state index is -0.160. The van der Waals surface area contributed by atoms with Gasteiger partial charge in [0.2, 0.25) is 5.91 Å². The Hall–Kier alpha value is -1.10. The number of nitrogens with one attached hydrogen (secondary N) is 2. The molecule has 0 aliphatic carbocycles. The molecular weight excluding hydrogens is 220 g/mol. The van der Waals surface area contributed by atoms with E-state index in [1.165, 1.54) is 0 Å². The van der Waals surface area contributed by atoms with Crippen molar-refractivity contribution in [1.29, 1.82) is 0 Å². The van der Waals surface area contributed by atoms with Gasteiger partial charge >= 0.3 is 5.97 Å². The Kier molecular flexibility index (Phi) is 3.38. The van der Waals surface area contributed by atoms with Gasteiger partial charge in [-0.1, -0.05) is 13.8 Å². The lowest BCUT2D eigenvalue weighted by atomic mass is 9.75. The predicted molar refractivity (Wildman–Crippen MR) is 62.3 cm³/mol. The van der Waals surface area contributed by atoms with Crippen molar-refractivity contribution in [2.75, 3.05) is 19.6 Å². The number of hydrogen-bond acceptors (Lipinski definition) is 4. The van der Waals surface area contributed by atoms with Crippen LogP contribution in [-0.4, -0.2) is 37.6 Å². The molecule has 1 unspecified atom stereocenters. The summed E-state index contributed by atoms with van der Waals surface area (Å²) in [6.45, 7) is 6.07. The van der Waals surface area contributed by atoms with Gasteiger partial charge < -0.3 is 15.4 Å². The normalized spacial score (nSPS) is 25.8. The van der Waals surface area contributed by atoms with Gasteiger partial charge in [-0.2, -0.15) is 0 Å². The molecule has 0 radical (unpaired) electrons. The zero-order valence-electron chi connectivity index (χ0n) is 10.4. The number of rotatable bonds is 4. The fraction of sp³-hybridized carbons (Fsp3) is 0.833. The molecule has 2 aliphatic heterocycles. The van der Waals surface area contributed by atoms with Crippen LogP contribution in [0.3, 0.4) is 0 Å². The summed E-state index contributed by atoms with van der Waals surface area (Å²) in [5.74, 6) is 0.237. The highest BCUT2D eigenvalue weighted by molar-refractivity contribution is 5.77. The maximum Gasteiger partial charge on any atom is 0.306 e. The summed E-state index contributed by atoms with van der Waals surface area (Å²) < 4.78 is 5.28. The van der Waals surface area contributed by atoms with E-state index in [1.54, 1.807) is 0 Å². The third-order valence-corrected chi connectivity index (χ3v) is 3.49. The minimum Gasteiger partial charge on any atom is -0.460 e. The van der Waals surface area contributed by atoms with Crippen LogP contribution < -0.4 is 10.6 Å². The van der Waals surface area contributed by atoms with Crippen molar-refractivity contribution >= 4 is 11.9 Å². The molecule has 17 heavy (non-hydrogen) atoms. The van der Waals surface area contributed by atoms with Gasteiger partial charge in [0, 0.05) is 24.9 Å². The first kappa shape index (κ1) is 12.4. The van der Waals surface area contributed by atoms with Gasteiger partial charge in [-0.25, -0.2) is 0 Å². The number of ether oxygens (including phenoxy) is 1. The third-order valence-electron chi connectivity index (χ3n) is 3.49. The van der Waals surface area contributed by atoms with Gasteiger partial charge in [-0.15, -0.1) is 0 Å². The van der Waals surface area contributed by atoms with Crippen molar-refractivity contribution in [3.63, 3.8) is 0 Å². The largest absolute Gasteiger partial charge is 0.460 e. The van der Waals surface area contributed by atoms with E-state index in [4.69, 9.17) is 4.74 Å². The number of cyclic esters (lactones) is 1. The van der Waals surface area contributed by atoms with E-state index >= 15 is 0 Å². The first-order chi connectivity index (χ1) is 8.02. The summed E-state index contributed by atoms with van der Waals surface area (Å²) in [6, 6.07) is 0. The van der Waals surface area contributed by atoms with Gasteiger partial charge in [0.15, 0.2) is 0 Å². The molecule has 1 atom stereocenters. The van der Waals surface area contributed by atoms with E-state index in [1.807, 2.05) is 13.8 Å². The molecule has 5 heteroatoms. The van der Waals surface area contributed by atoms with Gasteiger partial charge in [-0.05, 0) is 5.92 Å². The first-order valence-corrected chi connectivity index (χ1v) is 6.19. The monoisotopic (exact) mass is 240 g/mol. The van der Waals surface area contributed by atoms with Gasteiger partial charge in [0.05, 0.1) is 13.0 Å². The second kappa shape index (κ2) is 4.64. The second-order valence-electron chi connectivity index (χ2n) is 5.52. The van der Waals surface area contributed by atoms with Gasteiger partial charge in [-0.3, -0.25) is 9.59 Å². The molecule has 2 saturated heterocycles. The summed E-state index contributed by atoms with van der Waals surface area (Å²) >= 11 is 0. The maximum atomic E-state index is 11.5. The lowest BCUT2D eigenvalue weighted by Crippen LogP contribution is -2.60. The highest BCUT2D eigenvalue weighted by Gasteiger charge is 2.52. The number of esters is 1. The fourth-order valence-electron chi connectivity index (χ4n) is 2.43. The molecule has 1 amide bonds. The average Bonchev–Trinajstić information content (AvgIpc) is 2.51. The summed E-state index contributed by atoms with van der Waals surface area (Å²) in [6.07, 6.45) is 0.837. The van der Waals surface area contributed by atoms with Gasteiger partial charge in [0.1, 0.15) is 6.10 Å². The average molecular weight is 240 g/mol. The van der Waals surface area contributed by atoms with Crippen molar-refractivity contribution in [3.05, 3.63) is 0 Å². The van der Waals surface area contributed by atoms with E-state index in [2.05, 4.69) is 10.6 Å². The quantitative estimate of drug-likeness (QED) is 0.682. The molecule has 2 N–H and O–H groups in total. The topological polar surface area (TPSA) is 67.4 Å². The molecule has 2 aliphatic rings. The Labute approximate surface area is 101 Å². The van der Waals surface area contributed by atoms with E-state index in [-0.39, 0.29) is 23.4 Å². The molecule has 0 saturated carbocycles. The molecule has 0 aromatic carbocycles. The lowest BCUT2D eigenvalue weighted by molar-refractivity contribution is -0.142. The molecule has 0 aromatic heterocycles. The molecule has 0 aromatic rings. The van der Waals surface area contributed by atoms with Crippen LogP contribution in [0.1, 0.15) is 26.7 Å². The molecule has 1 spiro atoms. The summed E-state index contributed by atoms with van der Waals surface area (Å²) in [5.41, 5.74) is -0.0673. The molecule has 0 bridgehead atoms. The predicted octanol–water partition coefficient (Wildman–Crippen LogP) is 0.0538. The number of amides is 1. The number of carbonyl (C=O) groups is 2. The van der Waals surface area contributed by atoms with Crippen LogP contribution in [0.5, 0.6) is 0 Å². The van der Waals surface area contributed by atoms with Crippen molar-refractivity contribution in [1.82, 2.24) is 10.6 Å². The fourth-order valence-corrected chi connectivity index (χ4v) is 2.43. The van der Waals surface area contributed by atoms with E-state index in [9.17, 15) is 9.59 Å². The van der Waals surface area contributed by atoms with Gasteiger partial charge in [0.25, 0.3) is 0 Å². The Morgan fingerprint density at radius 1 is 1.59 bits per heavy atom. The van der Waals surface area contributed by atoms with Crippen LogP contribution in [0, 0.1) is 11.3 Å². The van der Waals surface area contributed by atoms with Crippen molar-refractivity contribution in [3.8, 4) is 0 Å². The standard InChI is InChI=1S/C12H20N2O3/c1-8(2)3-10(15)14-5-9-12(6-13-7-12)4-11(16)17-9/h8-9,13H,3-7H2,1-2H3,(H,14,15). The van der Waals surface area contributed by atoms with Crippen LogP contribution in [-0.2, 0) is 14.3 Å². The van der Waals surface area contributed by atoms with E-state index < -0.39 is 0 Å². The smallest absolute Gasteiger partial charge is 0.306 e. The van der Waals surface area contributed by atoms with E-state index in [0.29, 0.717) is 25.3 Å². The Morgan fingerprint density at radius 3 is 2.82 bits per heavy atom. The Bertz CT molecular complexity index is 324. The van der Waals surface area contributed by atoms with Crippen LogP contribution in [0.4, 0.5) is 0 Å². The molecule has 2 fully saturated rings. The first-order valence-electron chi connectivity index (χ1n) is 6.19. The highest BCUT2D eigenvalue weighted by atomic mass is 16.6. The molecule has 96 valence electrons. The third kappa shape index (κ3) is 2.60. The van der Waals surface area contributed by atoms with E-state index in [0.717, 1.165) is 13.1 Å². The van der Waals surface area contributed by atoms with Crippen LogP contribution in [0.25, 0.3) is 0 Å². The van der Waals surface area contributed by atoms with Crippen LogP contribution in [0.15, 0.2) is 0 Å². The summed E-state index contributed by atoms with van der Waals surface area (Å²) in [5, 5.41) is 6.03. The summed E-state index contributed by atoms with van der Waals surface area (Å²) in [4.78, 5) is 22.9. The second-order valence-corrected chi connectivity index (χ2v) is 5.52. The lowest BCUT2D eigenvalue weighted by Gasteiger charge is -2.41. The van der Waals surface area contributed by atoms with Crippen LogP contribution in [0.2, 0.25) is 0 Å². The summed E-state index contributed by atoms with van der Waals surface area (Å²) in [7, 11) is 0. The van der Waals surface area contributed by atoms with Crippen LogP contribution >= 0.6 is 0 Å². The maximum absolute atomic E-state index is 11.5. The van der Waals surface area contributed by atoms with Crippen molar-refractivity contribution in [2.24, 2.45) is 11.3 Å². The molecule has 5 nitrogen and oxygen atoms in total. The van der Waals surface area contributed by atoms with Crippen molar-refractivity contribution < 1.29 is 14.3 Å². The molecule has 2 heterocycles.